The summed E-state index contributed by atoms with van der Waals surface area (Å²) in [4.78, 5) is 53.7. The number of ether oxygens (including phenoxy) is 2. The van der Waals surface area contributed by atoms with Crippen LogP contribution in [0.25, 0.3) is 0 Å². The van der Waals surface area contributed by atoms with Crippen molar-refractivity contribution in [3.8, 4) is 5.75 Å². The fourth-order valence-electron chi connectivity index (χ4n) is 5.53. The smallest absolute Gasteiger partial charge is 0.329 e. The summed E-state index contributed by atoms with van der Waals surface area (Å²) in [6.07, 6.45) is 1.11. The molecule has 0 radical (unpaired) electrons. The van der Waals surface area contributed by atoms with Gasteiger partial charge < -0.3 is 9.47 Å². The summed E-state index contributed by atoms with van der Waals surface area (Å²) in [6.45, 7) is 3.38. The van der Waals surface area contributed by atoms with E-state index in [1.165, 1.54) is 7.11 Å². The van der Waals surface area contributed by atoms with Gasteiger partial charge in [0, 0.05) is 15.2 Å². The molecule has 2 amide bonds. The molecule has 1 aliphatic heterocycles. The van der Waals surface area contributed by atoms with Gasteiger partial charge in [-0.15, -0.1) is 0 Å². The summed E-state index contributed by atoms with van der Waals surface area (Å²) in [5, 5.41) is 0. The summed E-state index contributed by atoms with van der Waals surface area (Å²) < 4.78 is 10.4. The molecule has 2 bridgehead atoms. The molecule has 1 aromatic carbocycles. The van der Waals surface area contributed by atoms with Crippen LogP contribution in [0, 0.1) is 29.6 Å². The molecule has 33 heavy (non-hydrogen) atoms. The first-order chi connectivity index (χ1) is 15.6. The molecule has 2 aliphatic carbocycles. The number of alkyl halides is 2. The number of ketones is 1. The highest BCUT2D eigenvalue weighted by molar-refractivity contribution is 9.12. The Balaban J connectivity index is 1.48. The molecule has 0 aromatic heterocycles. The van der Waals surface area contributed by atoms with Gasteiger partial charge in [-0.1, -0.05) is 45.7 Å². The summed E-state index contributed by atoms with van der Waals surface area (Å²) in [7, 11) is 1.53. The number of rotatable bonds is 8. The Morgan fingerprint density at radius 2 is 1.58 bits per heavy atom. The number of amides is 2. The summed E-state index contributed by atoms with van der Waals surface area (Å²) in [5.74, 6) is -1.66. The molecule has 2 saturated carbocycles. The third-order valence-corrected chi connectivity index (χ3v) is 10.3. The largest absolute Gasteiger partial charge is 0.497 e. The van der Waals surface area contributed by atoms with Crippen LogP contribution in [0.2, 0.25) is 0 Å². The molecule has 1 aromatic rings. The molecule has 3 fully saturated rings. The van der Waals surface area contributed by atoms with E-state index >= 15 is 0 Å². The maximum absolute atomic E-state index is 13.4. The van der Waals surface area contributed by atoms with Gasteiger partial charge in [0.25, 0.3) is 0 Å². The number of methoxy groups -OCH3 is 1. The summed E-state index contributed by atoms with van der Waals surface area (Å²) >= 11 is 7.35. The monoisotopic (exact) mass is 583 g/mol. The van der Waals surface area contributed by atoms with Crippen LogP contribution in [0.15, 0.2) is 24.3 Å². The van der Waals surface area contributed by atoms with Gasteiger partial charge in [0.05, 0.1) is 18.9 Å². The van der Waals surface area contributed by atoms with Gasteiger partial charge in [-0.2, -0.15) is 0 Å². The van der Waals surface area contributed by atoms with Gasteiger partial charge in [-0.05, 0) is 54.9 Å². The first kappa shape index (κ1) is 24.4. The summed E-state index contributed by atoms with van der Waals surface area (Å²) in [6, 6.07) is 5.47. The van der Waals surface area contributed by atoms with Crippen molar-refractivity contribution >= 4 is 55.4 Å². The zero-order chi connectivity index (χ0) is 24.0. The maximum atomic E-state index is 13.4. The normalized spacial score (nSPS) is 31.2. The van der Waals surface area contributed by atoms with E-state index in [4.69, 9.17) is 9.47 Å². The number of carbonyl (C=O) groups is 4. The van der Waals surface area contributed by atoms with E-state index in [1.807, 2.05) is 13.8 Å². The standard InChI is InChI=1S/C24H27Br2NO6/c1-11(2)8-16(24(31)33-10-17(28)12-4-6-13(32-3)7-5-12)27-22(29)18-14-9-15(19(18)23(27)30)21(26)20(14)25/h4-7,11,14-16,18-21H,8-10H2,1-3H3/t14-,15-,16-,18-,19+,20-,21+/m0/s1. The quantitative estimate of drug-likeness (QED) is 0.201. The van der Waals surface area contributed by atoms with Crippen LogP contribution in [0.4, 0.5) is 0 Å². The van der Waals surface area contributed by atoms with Gasteiger partial charge in [0.2, 0.25) is 11.8 Å². The lowest BCUT2D eigenvalue weighted by atomic mass is 9.81. The number of halogens is 2. The van der Waals surface area contributed by atoms with Gasteiger partial charge in [0.15, 0.2) is 12.4 Å². The van der Waals surface area contributed by atoms with Gasteiger partial charge in [0.1, 0.15) is 11.8 Å². The van der Waals surface area contributed by atoms with Gasteiger partial charge in [-0.25, -0.2) is 4.79 Å². The molecular weight excluding hydrogens is 558 g/mol. The van der Waals surface area contributed by atoms with Crippen LogP contribution in [0.1, 0.15) is 37.0 Å². The maximum Gasteiger partial charge on any atom is 0.329 e. The highest BCUT2D eigenvalue weighted by atomic mass is 79.9. The molecule has 1 heterocycles. The number of esters is 1. The van der Waals surface area contributed by atoms with E-state index in [0.717, 1.165) is 11.3 Å². The zero-order valence-electron chi connectivity index (χ0n) is 18.7. The highest BCUT2D eigenvalue weighted by Crippen LogP contribution is 2.60. The van der Waals surface area contributed by atoms with Crippen molar-refractivity contribution in [2.45, 2.75) is 42.4 Å². The Kier molecular flexibility index (Phi) is 7.01. The minimum Gasteiger partial charge on any atom is -0.497 e. The van der Waals surface area contributed by atoms with Gasteiger partial charge in [-0.3, -0.25) is 19.3 Å². The van der Waals surface area contributed by atoms with Crippen molar-refractivity contribution < 1.29 is 28.7 Å². The fourth-order valence-corrected chi connectivity index (χ4v) is 7.40. The van der Waals surface area contributed by atoms with E-state index in [9.17, 15) is 19.2 Å². The molecule has 0 N–H and O–H groups in total. The van der Waals surface area contributed by atoms with Crippen molar-refractivity contribution in [2.24, 2.45) is 29.6 Å². The Bertz CT molecular complexity index is 932. The third kappa shape index (κ3) is 4.27. The summed E-state index contributed by atoms with van der Waals surface area (Å²) in [5.41, 5.74) is 0.384. The average molecular weight is 585 g/mol. The molecule has 7 nitrogen and oxygen atoms in total. The van der Waals surface area contributed by atoms with Crippen molar-refractivity contribution in [3.63, 3.8) is 0 Å². The second-order valence-corrected chi connectivity index (χ2v) is 11.6. The molecule has 4 rings (SSSR count). The Morgan fingerprint density at radius 3 is 2.06 bits per heavy atom. The molecule has 0 unspecified atom stereocenters. The second-order valence-electron chi connectivity index (χ2n) is 9.46. The third-order valence-electron chi connectivity index (χ3n) is 7.06. The average Bonchev–Trinajstić information content (AvgIpc) is 3.40. The van der Waals surface area contributed by atoms with Crippen LogP contribution in [0.3, 0.4) is 0 Å². The number of imide groups is 1. The number of likely N-dealkylation sites (tertiary alicyclic amines) is 1. The predicted octanol–water partition coefficient (Wildman–Crippen LogP) is 3.61. The van der Waals surface area contributed by atoms with Crippen LogP contribution in [-0.2, 0) is 19.1 Å². The minimum absolute atomic E-state index is 0.0467. The van der Waals surface area contributed by atoms with Crippen molar-refractivity contribution in [3.05, 3.63) is 29.8 Å². The van der Waals surface area contributed by atoms with Crippen LogP contribution in [0.5, 0.6) is 5.75 Å². The predicted molar refractivity (Wildman–Crippen MR) is 127 cm³/mol. The van der Waals surface area contributed by atoms with Crippen LogP contribution >= 0.6 is 31.9 Å². The van der Waals surface area contributed by atoms with E-state index < -0.39 is 30.5 Å². The Hall–Kier alpha value is -1.74. The van der Waals surface area contributed by atoms with Crippen molar-refractivity contribution in [1.29, 1.82) is 0 Å². The van der Waals surface area contributed by atoms with E-state index in [1.54, 1.807) is 24.3 Å². The second kappa shape index (κ2) is 9.49. The van der Waals surface area contributed by atoms with Crippen molar-refractivity contribution in [1.82, 2.24) is 4.90 Å². The molecular formula is C24H27Br2NO6. The molecule has 1 saturated heterocycles. The number of fused-ring (bicyclic) bond motifs is 5. The first-order valence-electron chi connectivity index (χ1n) is 11.1. The minimum atomic E-state index is -1.03. The number of Topliss-reactive ketones (excluding diaryl/α,β-unsaturated/α-hetero) is 1. The van der Waals surface area contributed by atoms with E-state index in [-0.39, 0.29) is 51.4 Å². The van der Waals surface area contributed by atoms with Crippen molar-refractivity contribution in [2.75, 3.05) is 13.7 Å². The first-order valence-corrected chi connectivity index (χ1v) is 13.0. The van der Waals surface area contributed by atoms with E-state index in [0.29, 0.717) is 11.3 Å². The Morgan fingerprint density at radius 1 is 1.03 bits per heavy atom. The Labute approximate surface area is 209 Å². The van der Waals surface area contributed by atoms with Gasteiger partial charge >= 0.3 is 5.97 Å². The molecule has 178 valence electrons. The number of hydrogen-bond acceptors (Lipinski definition) is 6. The SMILES string of the molecule is COc1ccc(C(=O)COC(=O)[C@H](CC(C)C)N2C(=O)[C@@H]3[C@@H]4C[C@H]([C@H](Br)[C@@H]4Br)[C@@H]3C2=O)cc1. The fraction of sp³-hybridized carbons (Fsp3) is 0.583. The zero-order valence-corrected chi connectivity index (χ0v) is 21.9. The van der Waals surface area contributed by atoms with E-state index in [2.05, 4.69) is 31.9 Å². The highest BCUT2D eigenvalue weighted by Gasteiger charge is 2.67. The molecule has 3 aliphatic rings. The number of nitrogens with zero attached hydrogens (tertiary/aromatic N) is 1. The molecule has 9 heteroatoms. The number of hydrogen-bond donors (Lipinski definition) is 0. The lowest BCUT2D eigenvalue weighted by Crippen LogP contribution is -2.48. The van der Waals surface area contributed by atoms with Crippen LogP contribution < -0.4 is 4.74 Å². The topological polar surface area (TPSA) is 90.0 Å². The lowest BCUT2D eigenvalue weighted by Gasteiger charge is -2.28. The number of carbonyl (C=O) groups excluding carboxylic acids is 4. The van der Waals surface area contributed by atoms with Crippen LogP contribution in [-0.4, -0.2) is 57.9 Å². The lowest BCUT2D eigenvalue weighted by molar-refractivity contribution is -0.159. The molecule has 7 atom stereocenters. The number of benzene rings is 1. The molecule has 0 spiro atoms.